The second-order valence-corrected chi connectivity index (χ2v) is 1.15. The quantitative estimate of drug-likeness (QED) is 0.492. The fraction of sp³-hybridized carbons (Fsp3) is 0.250. The molecular weight excluding hydrogens is 76.1 g/mol. The maximum atomic E-state index is 6.85. The van der Waals surface area contributed by atoms with E-state index < -0.39 is 0 Å². The molecule has 32 valence electrons. The van der Waals surface area contributed by atoms with Gasteiger partial charge in [0.25, 0.3) is 0 Å². The summed E-state index contributed by atoms with van der Waals surface area (Å²) in [4.78, 5) is 6.35. The zero-order chi connectivity index (χ0) is 5.28. The highest BCUT2D eigenvalue weighted by molar-refractivity contribution is 4.87. The Morgan fingerprint density at radius 3 is 3.17 bits per heavy atom. The third kappa shape index (κ3) is 0.407. The lowest BCUT2D eigenvalue weighted by Crippen LogP contribution is -1.59. The summed E-state index contributed by atoms with van der Waals surface area (Å²) >= 11 is 0. The Morgan fingerprint density at radius 1 is 2.17 bits per heavy atom. The zero-order valence-electron chi connectivity index (χ0n) is 4.52. The van der Waals surface area contributed by atoms with Gasteiger partial charge in [0.1, 0.15) is 1.37 Å². The van der Waals surface area contributed by atoms with Crippen LogP contribution in [0.25, 0.3) is 0 Å². The first kappa shape index (κ1) is 2.39. The van der Waals surface area contributed by atoms with Crippen LogP contribution < -0.4 is 0 Å². The molecule has 2 heteroatoms. The van der Waals surface area contributed by atoms with Crippen molar-refractivity contribution in [2.45, 2.75) is 6.92 Å². The molecular formula is C4H6N2. The van der Waals surface area contributed by atoms with Gasteiger partial charge in [-0.15, -0.1) is 0 Å². The molecule has 0 aromatic carbocycles. The molecule has 0 aliphatic heterocycles. The SMILES string of the molecule is [2H]c1nc(C)c[nH]1. The molecule has 0 aliphatic carbocycles. The van der Waals surface area contributed by atoms with Crippen LogP contribution in [0.15, 0.2) is 12.5 Å². The van der Waals surface area contributed by atoms with E-state index >= 15 is 0 Å². The second-order valence-electron chi connectivity index (χ2n) is 1.15. The van der Waals surface area contributed by atoms with Gasteiger partial charge in [-0.25, -0.2) is 4.98 Å². The van der Waals surface area contributed by atoms with Gasteiger partial charge in [-0.3, -0.25) is 0 Å². The number of aromatic nitrogens is 2. The first-order chi connectivity index (χ1) is 3.29. The fourth-order valence-electron chi connectivity index (χ4n) is 0.289. The number of imidazole rings is 1. The van der Waals surface area contributed by atoms with Crippen LogP contribution in [0.2, 0.25) is 0 Å². The molecule has 0 saturated carbocycles. The highest BCUT2D eigenvalue weighted by atomic mass is 14.8. The molecule has 0 saturated heterocycles. The van der Waals surface area contributed by atoms with E-state index in [2.05, 4.69) is 9.97 Å². The van der Waals surface area contributed by atoms with E-state index in [1.54, 1.807) is 6.20 Å². The molecule has 1 aromatic rings. The molecule has 0 aliphatic rings. The number of rotatable bonds is 0. The minimum absolute atomic E-state index is 0.234. The Labute approximate surface area is 37.6 Å². The van der Waals surface area contributed by atoms with Crippen molar-refractivity contribution in [3.8, 4) is 0 Å². The average molecular weight is 83.1 g/mol. The van der Waals surface area contributed by atoms with Crippen LogP contribution in [0.5, 0.6) is 0 Å². The Balaban J connectivity index is 3.04. The summed E-state index contributed by atoms with van der Waals surface area (Å²) < 4.78 is 6.85. The summed E-state index contributed by atoms with van der Waals surface area (Å²) in [7, 11) is 0. The molecule has 0 spiro atoms. The number of aromatic amines is 1. The maximum Gasteiger partial charge on any atom is 0.104 e. The van der Waals surface area contributed by atoms with Crippen LogP contribution in [0, 0.1) is 6.92 Å². The highest BCUT2D eigenvalue weighted by Crippen LogP contribution is 1.81. The molecule has 0 radical (unpaired) electrons. The van der Waals surface area contributed by atoms with Crippen molar-refractivity contribution in [2.75, 3.05) is 0 Å². The topological polar surface area (TPSA) is 28.7 Å². The Hall–Kier alpha value is -0.790. The van der Waals surface area contributed by atoms with Crippen molar-refractivity contribution >= 4 is 0 Å². The van der Waals surface area contributed by atoms with Crippen LogP contribution in [0.1, 0.15) is 7.06 Å². The van der Waals surface area contributed by atoms with Crippen molar-refractivity contribution in [1.82, 2.24) is 9.97 Å². The van der Waals surface area contributed by atoms with Gasteiger partial charge in [0, 0.05) is 6.20 Å². The predicted molar refractivity (Wildman–Crippen MR) is 23.3 cm³/mol. The van der Waals surface area contributed by atoms with Crippen molar-refractivity contribution < 1.29 is 1.37 Å². The Morgan fingerprint density at radius 2 is 3.00 bits per heavy atom. The summed E-state index contributed by atoms with van der Waals surface area (Å²) in [5.74, 6) is 0. The van der Waals surface area contributed by atoms with Gasteiger partial charge in [-0.2, -0.15) is 0 Å². The van der Waals surface area contributed by atoms with Crippen molar-refractivity contribution in [3.05, 3.63) is 18.2 Å². The molecule has 1 aromatic heterocycles. The summed E-state index contributed by atoms with van der Waals surface area (Å²) in [6.45, 7) is 1.84. The molecule has 2 nitrogen and oxygen atoms in total. The van der Waals surface area contributed by atoms with Crippen LogP contribution in [-0.2, 0) is 0 Å². The van der Waals surface area contributed by atoms with E-state index in [0.717, 1.165) is 5.69 Å². The lowest BCUT2D eigenvalue weighted by Gasteiger charge is -1.64. The predicted octanol–water partition coefficient (Wildman–Crippen LogP) is 0.718. The van der Waals surface area contributed by atoms with Gasteiger partial charge in [0.05, 0.1) is 12.0 Å². The van der Waals surface area contributed by atoms with E-state index in [4.69, 9.17) is 1.37 Å². The summed E-state index contributed by atoms with van der Waals surface area (Å²) in [6, 6.07) is 0. The van der Waals surface area contributed by atoms with Crippen LogP contribution in [-0.4, -0.2) is 9.97 Å². The molecule has 0 amide bonds. The smallest absolute Gasteiger partial charge is 0.104 e. The minimum Gasteiger partial charge on any atom is -0.351 e. The lowest BCUT2D eigenvalue weighted by atomic mass is 10.6. The lowest BCUT2D eigenvalue weighted by molar-refractivity contribution is 1.25. The normalized spacial score (nSPS) is 11.2. The molecule has 0 atom stereocenters. The summed E-state index contributed by atoms with van der Waals surface area (Å²) in [6.07, 6.45) is 1.93. The van der Waals surface area contributed by atoms with Crippen molar-refractivity contribution in [1.29, 1.82) is 0 Å². The first-order valence-corrected chi connectivity index (χ1v) is 1.77. The molecule has 0 bridgehead atoms. The third-order valence-corrected chi connectivity index (χ3v) is 0.578. The third-order valence-electron chi connectivity index (χ3n) is 0.578. The van der Waals surface area contributed by atoms with Gasteiger partial charge in [-0.1, -0.05) is 0 Å². The fourth-order valence-corrected chi connectivity index (χ4v) is 0.289. The van der Waals surface area contributed by atoms with E-state index in [1.807, 2.05) is 6.92 Å². The molecule has 0 fully saturated rings. The van der Waals surface area contributed by atoms with E-state index in [9.17, 15) is 0 Å². The number of hydrogen-bond acceptors (Lipinski definition) is 1. The van der Waals surface area contributed by atoms with Gasteiger partial charge < -0.3 is 4.98 Å². The van der Waals surface area contributed by atoms with Gasteiger partial charge >= 0.3 is 0 Å². The Kier molecular flexibility index (Phi) is 0.449. The Bertz CT molecular complexity index is 142. The van der Waals surface area contributed by atoms with E-state index in [1.165, 1.54) is 0 Å². The highest BCUT2D eigenvalue weighted by Gasteiger charge is 1.74. The number of aryl methyl sites for hydroxylation is 1. The van der Waals surface area contributed by atoms with Crippen LogP contribution in [0.4, 0.5) is 0 Å². The number of hydrogen-bond donors (Lipinski definition) is 1. The second kappa shape index (κ2) is 1.12. The molecule has 1 heterocycles. The number of nitrogens with zero attached hydrogens (tertiary/aromatic N) is 1. The monoisotopic (exact) mass is 83.1 g/mol. The minimum atomic E-state index is 0.234. The molecule has 6 heavy (non-hydrogen) atoms. The van der Waals surface area contributed by atoms with Crippen LogP contribution in [0.3, 0.4) is 0 Å². The molecule has 1 rings (SSSR count). The van der Waals surface area contributed by atoms with Gasteiger partial charge in [-0.05, 0) is 6.92 Å². The summed E-state index contributed by atoms with van der Waals surface area (Å²) in [5.41, 5.74) is 0.866. The van der Waals surface area contributed by atoms with Gasteiger partial charge in [0.15, 0.2) is 0 Å². The summed E-state index contributed by atoms with van der Waals surface area (Å²) in [5, 5.41) is 0. The number of nitrogens with one attached hydrogen (secondary N) is 1. The largest absolute Gasteiger partial charge is 0.351 e. The zero-order valence-corrected chi connectivity index (χ0v) is 3.52. The van der Waals surface area contributed by atoms with E-state index in [-0.39, 0.29) is 6.30 Å². The van der Waals surface area contributed by atoms with Crippen LogP contribution >= 0.6 is 0 Å². The average Bonchev–Trinajstić information content (AvgIpc) is 1.87. The van der Waals surface area contributed by atoms with E-state index in [0.29, 0.717) is 0 Å². The van der Waals surface area contributed by atoms with Gasteiger partial charge in [0.2, 0.25) is 0 Å². The first-order valence-electron chi connectivity index (χ1n) is 2.27. The standard InChI is InChI=1S/C4H6N2/c1-4-2-5-3-6-4/h2-3H,1H3,(H,5,6)/i3D. The molecule has 1 N–H and O–H groups in total. The molecule has 0 unspecified atom stereocenters. The van der Waals surface area contributed by atoms with Crippen molar-refractivity contribution in [2.24, 2.45) is 0 Å². The maximum absolute atomic E-state index is 6.85. The van der Waals surface area contributed by atoms with Crippen molar-refractivity contribution in [3.63, 3.8) is 0 Å². The number of H-pyrrole nitrogens is 1.